The summed E-state index contributed by atoms with van der Waals surface area (Å²) in [6.45, 7) is 11.3. The summed E-state index contributed by atoms with van der Waals surface area (Å²) in [5.41, 5.74) is 0. The molecule has 0 radical (unpaired) electrons. The Kier molecular flexibility index (Phi) is 16.6. The number of rotatable bonds is 17. The van der Waals surface area contributed by atoms with Gasteiger partial charge in [-0.3, -0.25) is 0 Å². The van der Waals surface area contributed by atoms with Crippen molar-refractivity contribution in [1.29, 1.82) is 0 Å². The van der Waals surface area contributed by atoms with Gasteiger partial charge in [0.25, 0.3) is 0 Å². The second-order valence-electron chi connectivity index (χ2n) is 8.31. The van der Waals surface area contributed by atoms with Crippen molar-refractivity contribution in [3.63, 3.8) is 0 Å². The molecule has 0 saturated carbocycles. The van der Waals surface area contributed by atoms with E-state index in [9.17, 15) is 4.79 Å². The van der Waals surface area contributed by atoms with E-state index in [2.05, 4.69) is 34.6 Å². The third-order valence-electron chi connectivity index (χ3n) is 5.20. The van der Waals surface area contributed by atoms with Gasteiger partial charge in [0.1, 0.15) is 0 Å². The van der Waals surface area contributed by atoms with Crippen LogP contribution in [0.5, 0.6) is 0 Å². The maximum atomic E-state index is 12.5. The van der Waals surface area contributed by atoms with Gasteiger partial charge in [-0.2, -0.15) is 0 Å². The summed E-state index contributed by atoms with van der Waals surface area (Å²) in [6.07, 6.45) is 14.2. The molecule has 0 amide bonds. The quantitative estimate of drug-likeness (QED) is 0.163. The van der Waals surface area contributed by atoms with Crippen molar-refractivity contribution in [2.45, 2.75) is 125 Å². The Hall–Kier alpha value is 0.269. The van der Waals surface area contributed by atoms with Crippen LogP contribution in [0.15, 0.2) is 0 Å². The molecule has 0 rings (SSSR count). The fourth-order valence-corrected chi connectivity index (χ4v) is 16.7. The normalized spacial score (nSPS) is 11.9. The van der Waals surface area contributed by atoms with Gasteiger partial charge in [-0.05, 0) is 0 Å². The molecule has 0 aromatic carbocycles. The van der Waals surface area contributed by atoms with Gasteiger partial charge in [-0.15, -0.1) is 0 Å². The molecule has 0 N–H and O–H groups in total. The first-order valence-corrected chi connectivity index (χ1v) is 18.4. The van der Waals surface area contributed by atoms with Crippen molar-refractivity contribution < 1.29 is 7.87 Å². The molecule has 0 spiro atoms. The van der Waals surface area contributed by atoms with Gasteiger partial charge in [0.15, 0.2) is 0 Å². The molecule has 0 unspecified atom stereocenters. The topological polar surface area (TPSA) is 26.3 Å². The van der Waals surface area contributed by atoms with E-state index in [1.165, 1.54) is 77.5 Å². The van der Waals surface area contributed by atoms with E-state index in [1.54, 1.807) is 0 Å². The van der Waals surface area contributed by atoms with Crippen LogP contribution in [0.1, 0.15) is 112 Å². The fourth-order valence-electron chi connectivity index (χ4n) is 3.49. The summed E-state index contributed by atoms with van der Waals surface area (Å²) in [6, 6.07) is 0. The van der Waals surface area contributed by atoms with Crippen molar-refractivity contribution >= 4 is 24.8 Å². The van der Waals surface area contributed by atoms with Crippen molar-refractivity contribution in [3.8, 4) is 0 Å². The fraction of sp³-hybridized carbons (Fsp3) is 0.955. The number of unbranched alkanes of at least 4 members (excludes halogenated alkanes) is 6. The third kappa shape index (κ3) is 14.0. The number of carbonyl (C=O) groups excluding carboxylic acids is 1. The number of hydrogen-bond acceptors (Lipinski definition) is 2. The van der Waals surface area contributed by atoms with Crippen LogP contribution in [0.4, 0.5) is 0 Å². The second kappa shape index (κ2) is 16.4. The van der Waals surface area contributed by atoms with Crippen molar-refractivity contribution in [1.82, 2.24) is 0 Å². The van der Waals surface area contributed by atoms with Gasteiger partial charge >= 0.3 is 164 Å². The van der Waals surface area contributed by atoms with E-state index in [-0.39, 0.29) is 5.97 Å². The maximum absolute atomic E-state index is 12.5. The molecule has 3 heteroatoms. The Morgan fingerprint density at radius 3 is 1.68 bits per heavy atom. The van der Waals surface area contributed by atoms with Crippen LogP contribution >= 0.6 is 0 Å². The Morgan fingerprint density at radius 1 is 0.760 bits per heavy atom. The molecule has 0 atom stereocenters. The van der Waals surface area contributed by atoms with E-state index in [0.717, 1.165) is 12.3 Å². The Morgan fingerprint density at radius 2 is 1.24 bits per heavy atom. The molecule has 0 aliphatic heterocycles. The van der Waals surface area contributed by atoms with Gasteiger partial charge in [0.05, 0.1) is 0 Å². The van der Waals surface area contributed by atoms with Gasteiger partial charge in [0, 0.05) is 0 Å². The molecule has 0 heterocycles. The number of hydrogen-bond donors (Lipinski definition) is 0. The van der Waals surface area contributed by atoms with Crippen LogP contribution in [0.2, 0.25) is 13.3 Å². The summed E-state index contributed by atoms with van der Waals surface area (Å²) >= 11 is -2.72. The molecule has 150 valence electrons. The Balaban J connectivity index is 4.40. The van der Waals surface area contributed by atoms with Crippen molar-refractivity contribution in [2.75, 3.05) is 0 Å². The zero-order chi connectivity index (χ0) is 19.0. The molecule has 0 aliphatic rings. The predicted octanol–water partition coefficient (Wildman–Crippen LogP) is 7.87. The molecule has 0 aliphatic carbocycles. The minimum absolute atomic E-state index is 0.142. The van der Waals surface area contributed by atoms with Crippen molar-refractivity contribution in [3.05, 3.63) is 0 Å². The molecule has 0 bridgehead atoms. The van der Waals surface area contributed by atoms with Crippen LogP contribution in [-0.2, 0) is 7.87 Å². The van der Waals surface area contributed by atoms with Crippen molar-refractivity contribution in [2.24, 2.45) is 5.92 Å². The third-order valence-corrected chi connectivity index (χ3v) is 17.9. The summed E-state index contributed by atoms with van der Waals surface area (Å²) in [5.74, 6) is 0.943. The molecule has 0 aromatic heterocycles. The Bertz CT molecular complexity index is 293. The van der Waals surface area contributed by atoms with Crippen LogP contribution in [0.25, 0.3) is 0 Å². The van der Waals surface area contributed by atoms with Crippen LogP contribution in [0.3, 0.4) is 0 Å². The molecule has 2 nitrogen and oxygen atoms in total. The van der Waals surface area contributed by atoms with E-state index in [1.807, 2.05) is 0 Å². The van der Waals surface area contributed by atoms with E-state index in [4.69, 9.17) is 3.07 Å². The molecule has 0 aromatic rings. The standard InChI is InChI=1S/C10H20O2.3C4H9.Sn/c1-9(2)7-5-3-4-6-8-10(11)12;3*1-3-4-2;/h9H,3-8H2,1-2H3,(H,11,12);3*1,3-4H2,2H3;/q;;;;+1/p-1. The summed E-state index contributed by atoms with van der Waals surface area (Å²) in [5, 5.41) is 0. The Labute approximate surface area is 163 Å². The number of carbonyl (C=O) groups is 1. The monoisotopic (exact) mass is 462 g/mol. The SMILES string of the molecule is CCC[CH2][Sn]([CH2]CCC)([CH2]CCC)[O]C(=O)CCCCCCC(C)C. The van der Waals surface area contributed by atoms with E-state index < -0.39 is 18.8 Å². The molecular formula is C22H46O2Sn. The first-order valence-electron chi connectivity index (χ1n) is 11.2. The van der Waals surface area contributed by atoms with Gasteiger partial charge < -0.3 is 0 Å². The average molecular weight is 461 g/mol. The van der Waals surface area contributed by atoms with Gasteiger partial charge in [0.2, 0.25) is 0 Å². The summed E-state index contributed by atoms with van der Waals surface area (Å²) in [4.78, 5) is 12.5. The van der Waals surface area contributed by atoms with Gasteiger partial charge in [-0.1, -0.05) is 0 Å². The molecule has 0 saturated heterocycles. The zero-order valence-electron chi connectivity index (χ0n) is 18.0. The van der Waals surface area contributed by atoms with Crippen LogP contribution < -0.4 is 0 Å². The van der Waals surface area contributed by atoms with E-state index in [0.29, 0.717) is 6.42 Å². The minimum atomic E-state index is -2.72. The van der Waals surface area contributed by atoms with Crippen LogP contribution in [-0.4, -0.2) is 24.8 Å². The zero-order valence-corrected chi connectivity index (χ0v) is 20.9. The molecular weight excluding hydrogens is 415 g/mol. The first-order chi connectivity index (χ1) is 12.0. The first kappa shape index (κ1) is 25.3. The van der Waals surface area contributed by atoms with E-state index >= 15 is 0 Å². The van der Waals surface area contributed by atoms with Crippen LogP contribution in [0, 0.1) is 5.92 Å². The summed E-state index contributed by atoms with van der Waals surface area (Å²) in [7, 11) is 0. The molecule has 0 fully saturated rings. The average Bonchev–Trinajstić information content (AvgIpc) is 2.58. The predicted molar refractivity (Wildman–Crippen MR) is 114 cm³/mol. The van der Waals surface area contributed by atoms with Gasteiger partial charge in [-0.25, -0.2) is 0 Å². The molecule has 25 heavy (non-hydrogen) atoms. The summed E-state index contributed by atoms with van der Waals surface area (Å²) < 4.78 is 10.1. The second-order valence-corrected chi connectivity index (χ2v) is 19.9.